The zero-order valence-corrected chi connectivity index (χ0v) is 18.8. The standard InChI is InChI=1S/C22H24ClFN6O2/c1-13(26-22(32)8-17-12-29(11-14(2)31)15(3)27-17)10-30-5-4-21(28-30)16-6-19(23)18(9-25)20(24)7-16/h4-7,12-14,31H,8,10-11H2,1-3H3,(H,26,32)/t13-,14-/m0/s1. The van der Waals surface area contributed by atoms with Crippen LogP contribution in [0.1, 0.15) is 30.9 Å². The van der Waals surface area contributed by atoms with E-state index in [4.69, 9.17) is 16.9 Å². The van der Waals surface area contributed by atoms with Crippen molar-refractivity contribution in [1.82, 2.24) is 24.6 Å². The molecule has 168 valence electrons. The zero-order chi connectivity index (χ0) is 23.4. The molecule has 8 nitrogen and oxygen atoms in total. The highest BCUT2D eigenvalue weighted by atomic mass is 35.5. The number of hydrogen-bond acceptors (Lipinski definition) is 5. The van der Waals surface area contributed by atoms with Crippen molar-refractivity contribution in [3.05, 3.63) is 58.5 Å². The van der Waals surface area contributed by atoms with Gasteiger partial charge in [-0.05, 0) is 39.0 Å². The van der Waals surface area contributed by atoms with Gasteiger partial charge in [0, 0.05) is 30.5 Å². The molecular formula is C22H24ClFN6O2. The summed E-state index contributed by atoms with van der Waals surface area (Å²) in [4.78, 5) is 16.8. The molecule has 10 heteroatoms. The number of rotatable bonds is 8. The molecule has 0 fully saturated rings. The van der Waals surface area contributed by atoms with Gasteiger partial charge in [-0.1, -0.05) is 11.6 Å². The van der Waals surface area contributed by atoms with Crippen LogP contribution in [0.3, 0.4) is 0 Å². The monoisotopic (exact) mass is 458 g/mol. The summed E-state index contributed by atoms with van der Waals surface area (Å²) in [5.41, 5.74) is 1.41. The van der Waals surface area contributed by atoms with Crippen molar-refractivity contribution >= 4 is 17.5 Å². The first-order valence-electron chi connectivity index (χ1n) is 10.1. The van der Waals surface area contributed by atoms with Crippen LogP contribution >= 0.6 is 11.6 Å². The lowest BCUT2D eigenvalue weighted by molar-refractivity contribution is -0.121. The molecule has 0 saturated carbocycles. The third-order valence-electron chi connectivity index (χ3n) is 4.79. The van der Waals surface area contributed by atoms with Crippen molar-refractivity contribution in [3.8, 4) is 17.3 Å². The number of hydrogen-bond donors (Lipinski definition) is 2. The Bertz CT molecular complexity index is 1140. The topological polar surface area (TPSA) is 109 Å². The number of aryl methyl sites for hydroxylation is 1. The first-order chi connectivity index (χ1) is 15.2. The van der Waals surface area contributed by atoms with E-state index in [1.165, 1.54) is 12.1 Å². The second-order valence-electron chi connectivity index (χ2n) is 7.78. The maximum atomic E-state index is 14.0. The second kappa shape index (κ2) is 9.94. The number of halogens is 2. The fourth-order valence-electron chi connectivity index (χ4n) is 3.39. The number of aromatic nitrogens is 4. The quantitative estimate of drug-likeness (QED) is 0.539. The molecule has 0 spiro atoms. The smallest absolute Gasteiger partial charge is 0.226 e. The molecular weight excluding hydrogens is 435 g/mol. The molecule has 0 bridgehead atoms. The summed E-state index contributed by atoms with van der Waals surface area (Å²) in [7, 11) is 0. The summed E-state index contributed by atoms with van der Waals surface area (Å²) < 4.78 is 17.5. The van der Waals surface area contributed by atoms with E-state index in [-0.39, 0.29) is 29.0 Å². The van der Waals surface area contributed by atoms with E-state index < -0.39 is 11.9 Å². The normalized spacial score (nSPS) is 12.9. The van der Waals surface area contributed by atoms with Gasteiger partial charge in [0.15, 0.2) is 0 Å². The highest BCUT2D eigenvalue weighted by Crippen LogP contribution is 2.26. The first kappa shape index (κ1) is 23.4. The second-order valence-corrected chi connectivity index (χ2v) is 8.18. The van der Waals surface area contributed by atoms with Gasteiger partial charge in [-0.15, -0.1) is 0 Å². The minimum absolute atomic E-state index is 0.0313. The number of benzene rings is 1. The van der Waals surface area contributed by atoms with E-state index in [1.54, 1.807) is 36.1 Å². The van der Waals surface area contributed by atoms with Crippen LogP contribution in [0.15, 0.2) is 30.6 Å². The van der Waals surface area contributed by atoms with Gasteiger partial charge in [0.25, 0.3) is 0 Å². The Morgan fingerprint density at radius 1 is 1.38 bits per heavy atom. The molecule has 2 N–H and O–H groups in total. The van der Waals surface area contributed by atoms with Crippen molar-refractivity contribution < 1.29 is 14.3 Å². The molecule has 0 saturated heterocycles. The number of aliphatic hydroxyl groups is 1. The van der Waals surface area contributed by atoms with Gasteiger partial charge in [0.05, 0.1) is 35.5 Å². The van der Waals surface area contributed by atoms with Gasteiger partial charge in [0.1, 0.15) is 23.3 Å². The molecule has 2 aromatic heterocycles. The molecule has 0 unspecified atom stereocenters. The number of nitrogens with zero attached hydrogens (tertiary/aromatic N) is 5. The molecule has 1 amide bonds. The van der Waals surface area contributed by atoms with Crippen molar-refractivity contribution in [2.75, 3.05) is 0 Å². The van der Waals surface area contributed by atoms with Crippen LogP contribution in [0.25, 0.3) is 11.3 Å². The predicted octanol–water partition coefficient (Wildman–Crippen LogP) is 2.85. The molecule has 2 heterocycles. The van der Waals surface area contributed by atoms with Gasteiger partial charge in [-0.3, -0.25) is 9.48 Å². The van der Waals surface area contributed by atoms with E-state index in [1.807, 2.05) is 18.4 Å². The van der Waals surface area contributed by atoms with Gasteiger partial charge in [0.2, 0.25) is 5.91 Å². The van der Waals surface area contributed by atoms with E-state index in [2.05, 4.69) is 15.4 Å². The summed E-state index contributed by atoms with van der Waals surface area (Å²) in [6, 6.07) is 5.96. The van der Waals surface area contributed by atoms with Gasteiger partial charge < -0.3 is 15.0 Å². The van der Waals surface area contributed by atoms with Crippen LogP contribution in [-0.4, -0.2) is 42.5 Å². The van der Waals surface area contributed by atoms with Gasteiger partial charge >= 0.3 is 0 Å². The lowest BCUT2D eigenvalue weighted by atomic mass is 10.1. The van der Waals surface area contributed by atoms with Crippen LogP contribution in [0, 0.1) is 24.1 Å². The number of carbonyl (C=O) groups excluding carboxylic acids is 1. The summed E-state index contributed by atoms with van der Waals surface area (Å²) in [5.74, 6) is -0.131. The van der Waals surface area contributed by atoms with Crippen LogP contribution < -0.4 is 5.32 Å². The van der Waals surface area contributed by atoms with Gasteiger partial charge in [-0.25, -0.2) is 9.37 Å². The third-order valence-corrected chi connectivity index (χ3v) is 5.09. The molecule has 3 aromatic rings. The summed E-state index contributed by atoms with van der Waals surface area (Å²) in [6.45, 7) is 6.21. The Morgan fingerprint density at radius 3 is 2.78 bits per heavy atom. The molecule has 0 aliphatic carbocycles. The van der Waals surface area contributed by atoms with Gasteiger partial charge in [-0.2, -0.15) is 10.4 Å². The fraction of sp³-hybridized carbons (Fsp3) is 0.364. The van der Waals surface area contributed by atoms with Crippen molar-refractivity contribution in [1.29, 1.82) is 5.26 Å². The third kappa shape index (κ3) is 5.72. The lowest BCUT2D eigenvalue weighted by Crippen LogP contribution is -2.36. The number of nitriles is 1. The summed E-state index contributed by atoms with van der Waals surface area (Å²) in [6.07, 6.45) is 3.13. The van der Waals surface area contributed by atoms with E-state index in [0.717, 1.165) is 5.82 Å². The Hall–Kier alpha value is -3.22. The summed E-state index contributed by atoms with van der Waals surface area (Å²) >= 11 is 5.97. The molecule has 0 radical (unpaired) electrons. The van der Waals surface area contributed by atoms with Crippen LogP contribution in [0.2, 0.25) is 5.02 Å². The fourth-order valence-corrected chi connectivity index (χ4v) is 3.64. The summed E-state index contributed by atoms with van der Waals surface area (Å²) in [5, 5.41) is 25.8. The predicted molar refractivity (Wildman–Crippen MR) is 117 cm³/mol. The highest BCUT2D eigenvalue weighted by Gasteiger charge is 2.15. The minimum Gasteiger partial charge on any atom is -0.392 e. The number of aliphatic hydroxyl groups excluding tert-OH is 1. The number of nitrogens with one attached hydrogen (secondary N) is 1. The Labute approximate surface area is 190 Å². The molecule has 3 rings (SSSR count). The van der Waals surface area contributed by atoms with Crippen molar-refractivity contribution in [2.45, 2.75) is 52.4 Å². The van der Waals surface area contributed by atoms with E-state index >= 15 is 0 Å². The van der Waals surface area contributed by atoms with Crippen LogP contribution in [0.5, 0.6) is 0 Å². The first-order valence-corrected chi connectivity index (χ1v) is 10.5. The van der Waals surface area contributed by atoms with E-state index in [0.29, 0.717) is 30.0 Å². The lowest BCUT2D eigenvalue weighted by Gasteiger charge is -2.13. The number of amides is 1. The number of carbonyl (C=O) groups is 1. The zero-order valence-electron chi connectivity index (χ0n) is 18.0. The number of imidazole rings is 1. The highest BCUT2D eigenvalue weighted by molar-refractivity contribution is 6.32. The molecule has 2 atom stereocenters. The Morgan fingerprint density at radius 2 is 2.12 bits per heavy atom. The molecule has 0 aliphatic heterocycles. The maximum Gasteiger partial charge on any atom is 0.226 e. The average Bonchev–Trinajstić information content (AvgIpc) is 3.27. The van der Waals surface area contributed by atoms with Crippen LogP contribution in [-0.2, 0) is 24.3 Å². The van der Waals surface area contributed by atoms with Crippen molar-refractivity contribution in [3.63, 3.8) is 0 Å². The van der Waals surface area contributed by atoms with E-state index in [9.17, 15) is 14.3 Å². The average molecular weight is 459 g/mol. The molecule has 32 heavy (non-hydrogen) atoms. The Kier molecular flexibility index (Phi) is 7.28. The minimum atomic E-state index is -0.698. The maximum absolute atomic E-state index is 14.0. The Balaban J connectivity index is 1.59. The molecule has 1 aromatic carbocycles. The van der Waals surface area contributed by atoms with Crippen LogP contribution in [0.4, 0.5) is 4.39 Å². The SMILES string of the molecule is Cc1nc(CC(=O)N[C@@H](C)Cn2ccc(-c3cc(F)c(C#N)c(Cl)c3)n2)cn1C[C@H](C)O. The largest absolute Gasteiger partial charge is 0.392 e. The molecule has 0 aliphatic rings. The van der Waals surface area contributed by atoms with Crippen molar-refractivity contribution in [2.24, 2.45) is 0 Å².